The number of fused-ring (bicyclic) bond motifs is 1. The van der Waals surface area contributed by atoms with E-state index >= 15 is 0 Å². The molecule has 1 aromatic carbocycles. The Kier molecular flexibility index (Phi) is 5.13. The second-order valence-corrected chi connectivity index (χ2v) is 6.85. The van der Waals surface area contributed by atoms with E-state index in [1.807, 2.05) is 0 Å². The number of carbonyl (C=O) groups is 2. The van der Waals surface area contributed by atoms with E-state index in [0.717, 1.165) is 11.3 Å². The van der Waals surface area contributed by atoms with Gasteiger partial charge in [0.2, 0.25) is 0 Å². The first-order chi connectivity index (χ1) is 12.9. The zero-order valence-corrected chi connectivity index (χ0v) is 15.6. The molecule has 3 rings (SSSR count). The van der Waals surface area contributed by atoms with Crippen molar-refractivity contribution in [3.05, 3.63) is 41.4 Å². The van der Waals surface area contributed by atoms with Crippen LogP contribution < -0.4 is 20.9 Å². The Labute approximate surface area is 159 Å². The zero-order valence-electron chi connectivity index (χ0n) is 14.8. The molecule has 0 saturated heterocycles. The highest BCUT2D eigenvalue weighted by atomic mass is 32.1. The number of ether oxygens (including phenoxy) is 2. The molecule has 0 aliphatic heterocycles. The molecule has 0 unspecified atom stereocenters. The predicted molar refractivity (Wildman–Crippen MR) is 103 cm³/mol. The van der Waals surface area contributed by atoms with Gasteiger partial charge in [-0.05, 0) is 30.3 Å². The van der Waals surface area contributed by atoms with Crippen molar-refractivity contribution < 1.29 is 19.1 Å². The van der Waals surface area contributed by atoms with E-state index in [1.54, 1.807) is 50.6 Å². The number of benzene rings is 1. The minimum Gasteiger partial charge on any atom is -0.484 e. The maximum atomic E-state index is 11.6. The van der Waals surface area contributed by atoms with E-state index in [0.29, 0.717) is 27.5 Å². The number of hydrogen-bond acceptors (Lipinski definition) is 7. The van der Waals surface area contributed by atoms with Crippen LogP contribution in [0.5, 0.6) is 17.2 Å². The number of anilines is 1. The van der Waals surface area contributed by atoms with Gasteiger partial charge in [-0.2, -0.15) is 0 Å². The monoisotopic (exact) mass is 386 g/mol. The molecule has 0 saturated carbocycles. The molecule has 0 radical (unpaired) electrons. The molecule has 0 atom stereocenters. The first-order valence-corrected chi connectivity index (χ1v) is 8.76. The van der Waals surface area contributed by atoms with Gasteiger partial charge in [0.25, 0.3) is 11.8 Å². The fraction of sp³-hybridized carbons (Fsp3) is 0.167. The maximum absolute atomic E-state index is 11.6. The first kappa shape index (κ1) is 18.5. The van der Waals surface area contributed by atoms with Gasteiger partial charge in [0, 0.05) is 20.3 Å². The number of rotatable bonds is 6. The maximum Gasteiger partial charge on any atom is 0.260 e. The van der Waals surface area contributed by atoms with Crippen molar-refractivity contribution >= 4 is 39.1 Å². The van der Waals surface area contributed by atoms with Crippen LogP contribution in [-0.4, -0.2) is 42.4 Å². The molecule has 0 aliphatic carbocycles. The normalized spacial score (nSPS) is 10.6. The van der Waals surface area contributed by atoms with Crippen molar-refractivity contribution in [2.75, 3.05) is 26.4 Å². The third-order valence-corrected chi connectivity index (χ3v) is 4.86. The summed E-state index contributed by atoms with van der Waals surface area (Å²) in [4.78, 5) is 29.5. The van der Waals surface area contributed by atoms with Gasteiger partial charge < -0.3 is 25.8 Å². The number of amides is 2. The summed E-state index contributed by atoms with van der Waals surface area (Å²) < 4.78 is 11.3. The molecular formula is C18H18N4O4S. The SMILES string of the molecule is CN(C)C(=O)COc1ccc(Oc2ccnc3sc(C(N)=O)c(N)c23)cc1. The number of primary amides is 1. The smallest absolute Gasteiger partial charge is 0.260 e. The molecule has 0 aliphatic rings. The molecule has 2 amide bonds. The molecule has 0 fully saturated rings. The van der Waals surface area contributed by atoms with Crippen LogP contribution in [0.15, 0.2) is 36.5 Å². The summed E-state index contributed by atoms with van der Waals surface area (Å²) in [5, 5.41) is 0.549. The first-order valence-electron chi connectivity index (χ1n) is 7.94. The molecule has 27 heavy (non-hydrogen) atoms. The minimum absolute atomic E-state index is 0.0422. The highest BCUT2D eigenvalue weighted by Crippen LogP contribution is 2.39. The van der Waals surface area contributed by atoms with E-state index in [-0.39, 0.29) is 23.1 Å². The lowest BCUT2D eigenvalue weighted by atomic mass is 10.2. The lowest BCUT2D eigenvalue weighted by Gasteiger charge is -2.12. The average molecular weight is 386 g/mol. The number of thiophene rings is 1. The number of pyridine rings is 1. The number of nitrogen functional groups attached to an aromatic ring is 1. The summed E-state index contributed by atoms with van der Waals surface area (Å²) in [6.07, 6.45) is 1.57. The van der Waals surface area contributed by atoms with Crippen LogP contribution in [0.2, 0.25) is 0 Å². The summed E-state index contributed by atoms with van der Waals surface area (Å²) in [6.45, 7) is -0.0422. The standard InChI is InChI=1S/C18H18N4O4S/c1-22(2)13(23)9-25-10-3-5-11(6-4-10)26-12-7-8-21-18-14(12)15(19)16(27-18)17(20)24/h3-8H,9,19H2,1-2H3,(H2,20,24). The van der Waals surface area contributed by atoms with Crippen molar-refractivity contribution in [2.24, 2.45) is 5.73 Å². The van der Waals surface area contributed by atoms with E-state index in [1.165, 1.54) is 4.90 Å². The molecule has 3 aromatic rings. The number of nitrogens with two attached hydrogens (primary N) is 2. The molecule has 140 valence electrons. The minimum atomic E-state index is -0.602. The third kappa shape index (κ3) is 3.93. The molecule has 0 spiro atoms. The largest absolute Gasteiger partial charge is 0.484 e. The fourth-order valence-electron chi connectivity index (χ4n) is 2.29. The Morgan fingerprint density at radius 1 is 1.15 bits per heavy atom. The molecule has 9 heteroatoms. The van der Waals surface area contributed by atoms with Crippen molar-refractivity contribution in [1.29, 1.82) is 0 Å². The Balaban J connectivity index is 1.79. The van der Waals surface area contributed by atoms with E-state index < -0.39 is 5.91 Å². The molecule has 8 nitrogen and oxygen atoms in total. The Bertz CT molecular complexity index is 999. The number of nitrogens with zero attached hydrogens (tertiary/aromatic N) is 2. The van der Waals surface area contributed by atoms with Crippen molar-refractivity contribution in [3.63, 3.8) is 0 Å². The lowest BCUT2D eigenvalue weighted by molar-refractivity contribution is -0.130. The quantitative estimate of drug-likeness (QED) is 0.670. The highest BCUT2D eigenvalue weighted by molar-refractivity contribution is 7.21. The third-order valence-electron chi connectivity index (χ3n) is 3.73. The fourth-order valence-corrected chi connectivity index (χ4v) is 3.22. The van der Waals surface area contributed by atoms with Gasteiger partial charge in [0.05, 0.1) is 11.1 Å². The van der Waals surface area contributed by atoms with Crippen LogP contribution in [0.3, 0.4) is 0 Å². The van der Waals surface area contributed by atoms with Gasteiger partial charge in [-0.1, -0.05) is 0 Å². The number of likely N-dealkylation sites (N-methyl/N-ethyl adjacent to an activating group) is 1. The van der Waals surface area contributed by atoms with Gasteiger partial charge in [-0.3, -0.25) is 9.59 Å². The van der Waals surface area contributed by atoms with E-state index in [9.17, 15) is 9.59 Å². The van der Waals surface area contributed by atoms with Gasteiger partial charge >= 0.3 is 0 Å². The number of carbonyl (C=O) groups excluding carboxylic acids is 2. The van der Waals surface area contributed by atoms with Crippen LogP contribution in [-0.2, 0) is 4.79 Å². The van der Waals surface area contributed by atoms with Crippen LogP contribution in [0, 0.1) is 0 Å². The molecule has 4 N–H and O–H groups in total. The highest BCUT2D eigenvalue weighted by Gasteiger charge is 2.18. The molecule has 2 aromatic heterocycles. The van der Waals surface area contributed by atoms with Crippen molar-refractivity contribution in [2.45, 2.75) is 0 Å². The second kappa shape index (κ2) is 7.50. The second-order valence-electron chi connectivity index (χ2n) is 5.85. The summed E-state index contributed by atoms with van der Waals surface area (Å²) in [5.74, 6) is 0.823. The van der Waals surface area contributed by atoms with Crippen molar-refractivity contribution in [3.8, 4) is 17.2 Å². The Morgan fingerprint density at radius 2 is 1.81 bits per heavy atom. The van der Waals surface area contributed by atoms with Gasteiger partial charge in [-0.15, -0.1) is 11.3 Å². The molecular weight excluding hydrogens is 368 g/mol. The summed E-state index contributed by atoms with van der Waals surface area (Å²) >= 11 is 1.12. The molecule has 2 heterocycles. The average Bonchev–Trinajstić information content (AvgIpc) is 2.99. The Hall–Kier alpha value is -3.33. The van der Waals surface area contributed by atoms with E-state index in [2.05, 4.69) is 4.98 Å². The summed E-state index contributed by atoms with van der Waals surface area (Å²) in [5.41, 5.74) is 11.6. The topological polar surface area (TPSA) is 121 Å². The lowest BCUT2D eigenvalue weighted by Crippen LogP contribution is -2.27. The Morgan fingerprint density at radius 3 is 2.44 bits per heavy atom. The van der Waals surface area contributed by atoms with Gasteiger partial charge in [0.1, 0.15) is 27.0 Å². The summed E-state index contributed by atoms with van der Waals surface area (Å²) in [6, 6.07) is 8.47. The van der Waals surface area contributed by atoms with Crippen LogP contribution in [0.25, 0.3) is 10.2 Å². The van der Waals surface area contributed by atoms with Gasteiger partial charge in [-0.25, -0.2) is 4.98 Å². The van der Waals surface area contributed by atoms with E-state index in [4.69, 9.17) is 20.9 Å². The molecule has 0 bridgehead atoms. The van der Waals surface area contributed by atoms with Crippen LogP contribution >= 0.6 is 11.3 Å². The summed E-state index contributed by atoms with van der Waals surface area (Å²) in [7, 11) is 3.33. The predicted octanol–water partition coefficient (Wildman–Crippen LogP) is 2.24. The van der Waals surface area contributed by atoms with Gasteiger partial charge in [0.15, 0.2) is 6.61 Å². The number of hydrogen-bond donors (Lipinski definition) is 2. The van der Waals surface area contributed by atoms with Crippen LogP contribution in [0.4, 0.5) is 5.69 Å². The van der Waals surface area contributed by atoms with Crippen molar-refractivity contribution in [1.82, 2.24) is 9.88 Å². The number of aromatic nitrogens is 1. The van der Waals surface area contributed by atoms with Crippen LogP contribution in [0.1, 0.15) is 9.67 Å². The zero-order chi connectivity index (χ0) is 19.6.